The summed E-state index contributed by atoms with van der Waals surface area (Å²) in [5.74, 6) is -1.48. The van der Waals surface area contributed by atoms with E-state index in [-0.39, 0.29) is 40.1 Å². The maximum Gasteiger partial charge on any atom is 0.363 e. The number of nitrogens with one attached hydrogen (secondary N) is 1. The van der Waals surface area contributed by atoms with Crippen molar-refractivity contribution >= 4 is 72.2 Å². The summed E-state index contributed by atoms with van der Waals surface area (Å²) in [4.78, 5) is 51.1. The number of nitrogens with zero attached hydrogens (tertiary/aromatic N) is 5. The molecule has 3 aromatic rings. The van der Waals surface area contributed by atoms with Crippen LogP contribution in [0.25, 0.3) is 0 Å². The highest BCUT2D eigenvalue weighted by molar-refractivity contribution is 9.10. The van der Waals surface area contributed by atoms with Gasteiger partial charge in [0, 0.05) is 18.6 Å². The first kappa shape index (κ1) is 33.7. The molecule has 0 radical (unpaired) electrons. The number of nitro benzene ring substituents is 2. The fourth-order valence-electron chi connectivity index (χ4n) is 3.98. The van der Waals surface area contributed by atoms with E-state index in [0.717, 1.165) is 24.3 Å². The van der Waals surface area contributed by atoms with Crippen LogP contribution in [-0.2, 0) is 26.3 Å². The van der Waals surface area contributed by atoms with Gasteiger partial charge in [-0.3, -0.25) is 25.0 Å². The van der Waals surface area contributed by atoms with Gasteiger partial charge in [0.1, 0.15) is 5.69 Å². The maximum absolute atomic E-state index is 13.5. The van der Waals surface area contributed by atoms with Crippen LogP contribution in [0.15, 0.2) is 68.1 Å². The van der Waals surface area contributed by atoms with Crippen LogP contribution in [0.2, 0.25) is 0 Å². The Bertz CT molecular complexity index is 1790. The maximum atomic E-state index is 13.5. The molecule has 0 unspecified atom stereocenters. The molecule has 0 bridgehead atoms. The van der Waals surface area contributed by atoms with Crippen molar-refractivity contribution in [1.29, 1.82) is 0 Å². The Morgan fingerprint density at radius 1 is 1.07 bits per heavy atom. The summed E-state index contributed by atoms with van der Waals surface area (Å²) in [7, 11) is -5.08. The first-order valence-corrected chi connectivity index (χ1v) is 14.9. The number of hydrogen-bond acceptors (Lipinski definition) is 12. The van der Waals surface area contributed by atoms with E-state index in [1.54, 1.807) is 13.8 Å². The number of hydroxylamine groups is 1. The van der Waals surface area contributed by atoms with Crippen molar-refractivity contribution in [3.05, 3.63) is 84.4 Å². The topological polar surface area (TPSA) is 204 Å². The van der Waals surface area contributed by atoms with Gasteiger partial charge in [0.15, 0.2) is 5.69 Å². The summed E-state index contributed by atoms with van der Waals surface area (Å²) in [6.45, 7) is 4.93. The zero-order valence-electron chi connectivity index (χ0n) is 23.3. The lowest BCUT2D eigenvalue weighted by molar-refractivity contribution is -0.393. The van der Waals surface area contributed by atoms with Gasteiger partial charge in [-0.05, 0) is 59.1 Å². The monoisotopic (exact) mass is 694 g/mol. The van der Waals surface area contributed by atoms with Crippen molar-refractivity contribution in [3.63, 3.8) is 0 Å². The Kier molecular flexibility index (Phi) is 10.8. The van der Waals surface area contributed by atoms with E-state index in [9.17, 15) is 42.1 Å². The van der Waals surface area contributed by atoms with Crippen molar-refractivity contribution < 1.29 is 36.6 Å². The molecule has 0 aliphatic carbocycles. The van der Waals surface area contributed by atoms with Gasteiger partial charge in [0.25, 0.3) is 5.69 Å². The summed E-state index contributed by atoms with van der Waals surface area (Å²) < 4.78 is 36.0. The second-order valence-electron chi connectivity index (χ2n) is 8.95. The zero-order valence-corrected chi connectivity index (χ0v) is 25.7. The van der Waals surface area contributed by atoms with Gasteiger partial charge in [0.2, 0.25) is 5.91 Å². The molecule has 0 spiro atoms. The first-order valence-electron chi connectivity index (χ1n) is 12.7. The molecule has 0 aromatic heterocycles. The standard InChI is InChI=1S/C26H24BrFN6O9S/c1-4-11-32(43-26(36)16-7-6-8-18(12-16)44(28,41)42)22-10-9-21(24(19(22)5-2)29-15(3)35)30-31-25-20(27)13-17(33(37)38)14-23(25)34(39)40/h6-10,12-14H,4-5,11H2,1-3H3,(H,29,35). The number of nitro groups is 2. The smallest absolute Gasteiger partial charge is 0.335 e. The molecule has 0 aliphatic rings. The number of carbonyl (C=O) groups excluding carboxylic acids is 2. The van der Waals surface area contributed by atoms with Gasteiger partial charge in [-0.2, -0.15) is 8.42 Å². The average Bonchev–Trinajstić information content (AvgIpc) is 2.95. The number of carbonyl (C=O) groups is 2. The molecule has 44 heavy (non-hydrogen) atoms. The van der Waals surface area contributed by atoms with E-state index in [1.807, 2.05) is 0 Å². The van der Waals surface area contributed by atoms with Crippen LogP contribution in [0.4, 0.5) is 38.0 Å². The van der Waals surface area contributed by atoms with Gasteiger partial charge in [-0.25, -0.2) is 9.86 Å². The first-order chi connectivity index (χ1) is 20.7. The number of rotatable bonds is 12. The van der Waals surface area contributed by atoms with Crippen LogP contribution in [0, 0.1) is 20.2 Å². The molecule has 0 atom stereocenters. The molecule has 1 N–H and O–H groups in total. The number of halogens is 2. The highest BCUT2D eigenvalue weighted by Crippen LogP contribution is 2.42. The van der Waals surface area contributed by atoms with Gasteiger partial charge < -0.3 is 10.2 Å². The third-order valence-corrected chi connectivity index (χ3v) is 7.28. The number of hydrogen-bond donors (Lipinski definition) is 1. The van der Waals surface area contributed by atoms with Crippen LogP contribution in [-0.4, -0.2) is 36.7 Å². The molecule has 0 saturated heterocycles. The molecule has 18 heteroatoms. The third kappa shape index (κ3) is 7.95. The molecule has 0 heterocycles. The minimum Gasteiger partial charge on any atom is -0.335 e. The van der Waals surface area contributed by atoms with Crippen LogP contribution in [0.1, 0.15) is 43.1 Å². The molecule has 1 amide bonds. The average molecular weight is 695 g/mol. The number of anilines is 2. The van der Waals surface area contributed by atoms with Gasteiger partial charge >= 0.3 is 21.9 Å². The molecular weight excluding hydrogens is 671 g/mol. The van der Waals surface area contributed by atoms with Crippen LogP contribution < -0.4 is 10.4 Å². The van der Waals surface area contributed by atoms with Crippen LogP contribution in [0.5, 0.6) is 0 Å². The van der Waals surface area contributed by atoms with E-state index in [1.165, 1.54) is 36.3 Å². The lowest BCUT2D eigenvalue weighted by Gasteiger charge is -2.26. The predicted octanol–water partition coefficient (Wildman–Crippen LogP) is 6.85. The Balaban J connectivity index is 2.11. The second kappa shape index (κ2) is 14.1. The van der Waals surface area contributed by atoms with Crippen LogP contribution in [0.3, 0.4) is 0 Å². The van der Waals surface area contributed by atoms with E-state index < -0.39 is 48.2 Å². The quantitative estimate of drug-likeness (QED) is 0.0903. The molecule has 232 valence electrons. The minimum atomic E-state index is -5.08. The molecule has 0 aliphatic heterocycles. The Labute approximate surface area is 258 Å². The fraction of sp³-hybridized carbons (Fsp3) is 0.231. The highest BCUT2D eigenvalue weighted by Gasteiger charge is 2.25. The normalized spacial score (nSPS) is 11.3. The Morgan fingerprint density at radius 2 is 1.77 bits per heavy atom. The molecule has 15 nitrogen and oxygen atoms in total. The van der Waals surface area contributed by atoms with Crippen molar-refractivity contribution in [2.75, 3.05) is 16.9 Å². The molecule has 3 aromatic carbocycles. The summed E-state index contributed by atoms with van der Waals surface area (Å²) in [5, 5.41) is 34.7. The predicted molar refractivity (Wildman–Crippen MR) is 160 cm³/mol. The summed E-state index contributed by atoms with van der Waals surface area (Å²) >= 11 is 3.06. The largest absolute Gasteiger partial charge is 0.363 e. The van der Waals surface area contributed by atoms with E-state index >= 15 is 0 Å². The summed E-state index contributed by atoms with van der Waals surface area (Å²) in [6.07, 6.45) is 0.729. The Hall–Kier alpha value is -4.84. The van der Waals surface area contributed by atoms with Gasteiger partial charge in [-0.15, -0.1) is 14.1 Å². The fourth-order valence-corrected chi connectivity index (χ4v) is 5.00. The van der Waals surface area contributed by atoms with Crippen molar-refractivity contribution in [2.45, 2.75) is 38.5 Å². The highest BCUT2D eigenvalue weighted by atomic mass is 79.9. The minimum absolute atomic E-state index is 0.0592. The second-order valence-corrected chi connectivity index (χ2v) is 11.1. The van der Waals surface area contributed by atoms with Gasteiger partial charge in [0.05, 0.1) is 48.8 Å². The lowest BCUT2D eigenvalue weighted by Crippen LogP contribution is -2.29. The van der Waals surface area contributed by atoms with Crippen LogP contribution >= 0.6 is 15.9 Å². The molecule has 0 fully saturated rings. The zero-order chi connectivity index (χ0) is 32.8. The van der Waals surface area contributed by atoms with Crippen molar-refractivity contribution in [2.24, 2.45) is 10.2 Å². The van der Waals surface area contributed by atoms with E-state index in [4.69, 9.17) is 4.84 Å². The van der Waals surface area contributed by atoms with E-state index in [2.05, 4.69) is 31.5 Å². The number of azo groups is 1. The summed E-state index contributed by atoms with van der Waals surface area (Å²) in [6, 6.07) is 8.95. The van der Waals surface area contributed by atoms with E-state index in [0.29, 0.717) is 17.7 Å². The number of amides is 1. The number of non-ortho nitro benzene ring substituents is 1. The SMILES string of the molecule is CCCN(OC(=O)c1cccc(S(=O)(=O)F)c1)c1ccc(N=Nc2c(Br)cc([N+](=O)[O-])cc2[N+](=O)[O-])c(NC(C)=O)c1CC. The molecule has 3 rings (SSSR count). The summed E-state index contributed by atoms with van der Waals surface area (Å²) in [5.41, 5.74) is -0.816. The van der Waals surface area contributed by atoms with Crippen molar-refractivity contribution in [1.82, 2.24) is 0 Å². The molecular formula is C26H24BrFN6O9S. The third-order valence-electron chi connectivity index (χ3n) is 5.85. The molecule has 0 saturated carbocycles. The Morgan fingerprint density at radius 3 is 2.34 bits per heavy atom. The van der Waals surface area contributed by atoms with Crippen molar-refractivity contribution in [3.8, 4) is 0 Å². The van der Waals surface area contributed by atoms with Gasteiger partial charge in [-0.1, -0.05) is 19.9 Å². The number of benzene rings is 3. The lowest BCUT2D eigenvalue weighted by atomic mass is 10.1.